The summed E-state index contributed by atoms with van der Waals surface area (Å²) in [4.78, 5) is 86.1. The van der Waals surface area contributed by atoms with Crippen LogP contribution in [-0.4, -0.2) is 109 Å². The second kappa shape index (κ2) is 25.5. The van der Waals surface area contributed by atoms with E-state index in [1.807, 2.05) is 48.5 Å². The van der Waals surface area contributed by atoms with E-state index < -0.39 is 36.3 Å². The lowest BCUT2D eigenvalue weighted by atomic mass is 9.87. The Morgan fingerprint density at radius 2 is 1.01 bits per heavy atom. The van der Waals surface area contributed by atoms with Crippen molar-refractivity contribution in [1.29, 1.82) is 0 Å². The van der Waals surface area contributed by atoms with E-state index in [4.69, 9.17) is 0 Å². The monoisotopic (exact) mass is 974 g/mol. The summed E-state index contributed by atoms with van der Waals surface area (Å²) in [6.07, 6.45) is 10.0. The standard InChI is InChI=1S/C52H70N8O6.2ClH/c1-33(53-3)47(61)57-43(51(65)59-30-12-24-45(59)49(63)55-41-21-10-17-37-15-5-7-19-39(37)41)23-9-14-35-26-28-36(29-27-35)32-44(58-48(62)34(2)54-4)52(66)60-31-13-25-46(60)50(64)56-42-22-11-18-38-16-6-8-20-40(38)42;;/h5-8,15-16,19-20,26-29,33-34,41-46,53-54H,9-14,17-18,21-25,30-32H2,1-4H3,(H,55,63)(H,56,64)(H,57,61)(H,58,62);2*1H/t33-,34-,41+,42+,43-,44-,45-,46-;;/m0../s1. The third-order valence-electron chi connectivity index (χ3n) is 14.4. The van der Waals surface area contributed by atoms with Gasteiger partial charge in [0.2, 0.25) is 35.4 Å². The van der Waals surface area contributed by atoms with Crippen molar-refractivity contribution in [3.63, 3.8) is 0 Å². The SMILES string of the molecule is CN[C@@H](C)C(=O)N[C@@H](CCCc1ccc(C[C@H](NC(=O)[C@H](C)NC)C(=O)N2CCC[C@H]2C(=O)N[C@@H]2CCCc3ccccc32)cc1)C(=O)N1CCC[C@H]1C(=O)N[C@@H]1CCCc2ccccc21.Cl.Cl. The molecule has 4 aliphatic rings. The molecule has 0 radical (unpaired) electrons. The van der Waals surface area contributed by atoms with E-state index in [2.05, 4.69) is 56.2 Å². The molecule has 2 aliphatic carbocycles. The van der Waals surface area contributed by atoms with E-state index in [0.717, 1.165) is 60.8 Å². The van der Waals surface area contributed by atoms with E-state index in [9.17, 15) is 28.8 Å². The number of benzene rings is 3. The van der Waals surface area contributed by atoms with Crippen molar-refractivity contribution in [2.45, 2.75) is 152 Å². The number of carbonyl (C=O) groups is 6. The van der Waals surface area contributed by atoms with Gasteiger partial charge < -0.3 is 41.7 Å². The summed E-state index contributed by atoms with van der Waals surface area (Å²) in [7, 11) is 3.39. The quantitative estimate of drug-likeness (QED) is 0.104. The van der Waals surface area contributed by atoms with Crippen LogP contribution in [0.4, 0.5) is 0 Å². The first-order chi connectivity index (χ1) is 31.9. The molecular formula is C52H72Cl2N8O6. The minimum Gasteiger partial charge on any atom is -0.347 e. The maximum Gasteiger partial charge on any atom is 0.246 e. The number of halogens is 2. The van der Waals surface area contributed by atoms with Crippen LogP contribution in [0.25, 0.3) is 0 Å². The molecule has 6 N–H and O–H groups in total. The second-order valence-corrected chi connectivity index (χ2v) is 18.7. The number of likely N-dealkylation sites (tertiary alicyclic amines) is 2. The predicted octanol–water partition coefficient (Wildman–Crippen LogP) is 4.95. The van der Waals surface area contributed by atoms with Gasteiger partial charge in [-0.05, 0) is 145 Å². The number of hydrogen-bond donors (Lipinski definition) is 6. The zero-order valence-corrected chi connectivity index (χ0v) is 41.7. The molecule has 2 heterocycles. The van der Waals surface area contributed by atoms with Gasteiger partial charge in [0.25, 0.3) is 0 Å². The molecular weight excluding hydrogens is 904 g/mol. The first-order valence-electron chi connectivity index (χ1n) is 24.4. The van der Waals surface area contributed by atoms with Crippen molar-refractivity contribution >= 4 is 60.3 Å². The van der Waals surface area contributed by atoms with E-state index in [-0.39, 0.29) is 78.8 Å². The largest absolute Gasteiger partial charge is 0.347 e. The topological polar surface area (TPSA) is 181 Å². The van der Waals surface area contributed by atoms with Crippen LogP contribution in [0.3, 0.4) is 0 Å². The van der Waals surface area contributed by atoms with Gasteiger partial charge in [-0.1, -0.05) is 72.8 Å². The van der Waals surface area contributed by atoms with Gasteiger partial charge in [-0.2, -0.15) is 0 Å². The molecule has 0 unspecified atom stereocenters. The molecule has 0 saturated carbocycles. The van der Waals surface area contributed by atoms with Crippen molar-refractivity contribution in [2.24, 2.45) is 0 Å². The van der Waals surface area contributed by atoms with Crippen LogP contribution in [0.1, 0.15) is 124 Å². The number of amides is 6. The van der Waals surface area contributed by atoms with Gasteiger partial charge in [0, 0.05) is 19.5 Å². The Hall–Kier alpha value is -5.02. The number of fused-ring (bicyclic) bond motifs is 2. The summed E-state index contributed by atoms with van der Waals surface area (Å²) in [5.41, 5.74) is 6.65. The van der Waals surface area contributed by atoms with Crippen molar-refractivity contribution in [1.82, 2.24) is 41.7 Å². The van der Waals surface area contributed by atoms with Crippen molar-refractivity contribution in [3.05, 3.63) is 106 Å². The minimum absolute atomic E-state index is 0. The molecule has 0 aromatic heterocycles. The Balaban J connectivity index is 0.00000432. The van der Waals surface area contributed by atoms with Crippen LogP contribution >= 0.6 is 24.8 Å². The fraction of sp³-hybridized carbons (Fsp3) is 0.538. The molecule has 2 aliphatic heterocycles. The molecule has 16 heteroatoms. The van der Waals surface area contributed by atoms with Gasteiger partial charge in [-0.3, -0.25) is 28.8 Å². The van der Waals surface area contributed by atoms with Gasteiger partial charge in [0.1, 0.15) is 24.2 Å². The zero-order chi connectivity index (χ0) is 46.7. The van der Waals surface area contributed by atoms with Crippen LogP contribution in [0.15, 0.2) is 72.8 Å². The highest BCUT2D eigenvalue weighted by Crippen LogP contribution is 2.32. The normalized spacial score (nSPS) is 21.3. The first kappa shape index (κ1) is 53.9. The number of aryl methyl sites for hydroxylation is 3. The molecule has 2 fully saturated rings. The molecule has 68 heavy (non-hydrogen) atoms. The van der Waals surface area contributed by atoms with E-state index in [0.29, 0.717) is 58.0 Å². The molecule has 370 valence electrons. The average molecular weight is 976 g/mol. The minimum atomic E-state index is -0.881. The fourth-order valence-corrected chi connectivity index (χ4v) is 10.3. The Bertz CT molecular complexity index is 2210. The van der Waals surface area contributed by atoms with Crippen molar-refractivity contribution in [3.8, 4) is 0 Å². The molecule has 0 bridgehead atoms. The molecule has 7 rings (SSSR count). The summed E-state index contributed by atoms with van der Waals surface area (Å²) in [5, 5.41) is 18.4. The van der Waals surface area contributed by atoms with Crippen LogP contribution in [0, 0.1) is 0 Å². The summed E-state index contributed by atoms with van der Waals surface area (Å²) in [6, 6.07) is 20.2. The lowest BCUT2D eigenvalue weighted by Gasteiger charge is -2.32. The number of carbonyl (C=O) groups excluding carboxylic acids is 6. The molecule has 6 amide bonds. The molecule has 2 saturated heterocycles. The molecule has 3 aromatic carbocycles. The van der Waals surface area contributed by atoms with Gasteiger partial charge in [0.15, 0.2) is 0 Å². The summed E-state index contributed by atoms with van der Waals surface area (Å²) in [6.45, 7) is 4.37. The molecule has 14 nitrogen and oxygen atoms in total. The fourth-order valence-electron chi connectivity index (χ4n) is 10.3. The first-order valence-corrected chi connectivity index (χ1v) is 24.4. The number of nitrogens with zero attached hydrogens (tertiary/aromatic N) is 2. The Kier molecular flexibility index (Phi) is 20.3. The van der Waals surface area contributed by atoms with E-state index in [1.165, 1.54) is 11.1 Å². The predicted molar refractivity (Wildman–Crippen MR) is 268 cm³/mol. The van der Waals surface area contributed by atoms with E-state index >= 15 is 0 Å². The van der Waals surface area contributed by atoms with Gasteiger partial charge >= 0.3 is 0 Å². The maximum absolute atomic E-state index is 14.4. The number of rotatable bonds is 18. The van der Waals surface area contributed by atoms with Crippen LogP contribution < -0.4 is 31.9 Å². The second-order valence-electron chi connectivity index (χ2n) is 18.7. The third-order valence-corrected chi connectivity index (χ3v) is 14.4. The summed E-state index contributed by atoms with van der Waals surface area (Å²) >= 11 is 0. The van der Waals surface area contributed by atoms with Crippen LogP contribution in [0.2, 0.25) is 0 Å². The number of hydrogen-bond acceptors (Lipinski definition) is 8. The maximum atomic E-state index is 14.4. The average Bonchev–Trinajstić information content (AvgIpc) is 4.05. The lowest BCUT2D eigenvalue weighted by molar-refractivity contribution is -0.142. The Morgan fingerprint density at radius 3 is 1.50 bits per heavy atom. The van der Waals surface area contributed by atoms with Crippen molar-refractivity contribution in [2.75, 3.05) is 27.2 Å². The zero-order valence-electron chi connectivity index (χ0n) is 40.0. The summed E-state index contributed by atoms with van der Waals surface area (Å²) in [5.74, 6) is -1.42. The van der Waals surface area contributed by atoms with Gasteiger partial charge in [-0.25, -0.2) is 0 Å². The smallest absolute Gasteiger partial charge is 0.246 e. The van der Waals surface area contributed by atoms with Gasteiger partial charge in [0.05, 0.1) is 24.2 Å². The highest BCUT2D eigenvalue weighted by Gasteiger charge is 2.41. The highest BCUT2D eigenvalue weighted by atomic mass is 35.5. The van der Waals surface area contributed by atoms with E-state index in [1.54, 1.807) is 37.7 Å². The van der Waals surface area contributed by atoms with Crippen LogP contribution in [-0.2, 0) is 54.5 Å². The lowest BCUT2D eigenvalue weighted by Crippen LogP contribution is -2.56. The molecule has 8 atom stereocenters. The third kappa shape index (κ3) is 13.2. The highest BCUT2D eigenvalue weighted by molar-refractivity contribution is 5.95. The number of likely N-dealkylation sites (N-methyl/N-ethyl adjacent to an activating group) is 2. The van der Waals surface area contributed by atoms with Gasteiger partial charge in [-0.15, -0.1) is 24.8 Å². The van der Waals surface area contributed by atoms with Crippen LogP contribution in [0.5, 0.6) is 0 Å². The van der Waals surface area contributed by atoms with Crippen molar-refractivity contribution < 1.29 is 28.8 Å². The summed E-state index contributed by atoms with van der Waals surface area (Å²) < 4.78 is 0. The molecule has 0 spiro atoms. The molecule has 3 aromatic rings. The number of nitrogens with one attached hydrogen (secondary N) is 6. The Morgan fingerprint density at radius 1 is 0.574 bits per heavy atom. The Labute approximate surface area is 414 Å².